The number of methoxy groups -OCH3 is 1. The maximum atomic E-state index is 5.59. The zero-order chi connectivity index (χ0) is 13.2. The number of nitrogens with one attached hydrogen (secondary N) is 1. The highest BCUT2D eigenvalue weighted by atomic mass is 16.5. The summed E-state index contributed by atoms with van der Waals surface area (Å²) in [6, 6.07) is 6.94. The average molecular weight is 260 g/mol. The van der Waals surface area contributed by atoms with Gasteiger partial charge in [0.1, 0.15) is 0 Å². The van der Waals surface area contributed by atoms with Crippen LogP contribution in [0.25, 0.3) is 0 Å². The molecule has 2 aliphatic rings. The van der Waals surface area contributed by atoms with Crippen LogP contribution >= 0.6 is 0 Å². The van der Waals surface area contributed by atoms with Crippen LogP contribution in [0, 0.1) is 5.92 Å². The van der Waals surface area contributed by atoms with Crippen molar-refractivity contribution in [1.29, 1.82) is 0 Å². The predicted molar refractivity (Wildman–Crippen MR) is 76.8 cm³/mol. The first-order valence-electron chi connectivity index (χ1n) is 7.33. The number of fused-ring (bicyclic) bond motifs is 1. The van der Waals surface area contributed by atoms with Crippen molar-refractivity contribution in [3.05, 3.63) is 34.9 Å². The normalized spacial score (nSPS) is 27.5. The molecule has 0 radical (unpaired) electrons. The van der Waals surface area contributed by atoms with E-state index in [-0.39, 0.29) is 0 Å². The minimum Gasteiger partial charge on any atom is -0.380 e. The molecule has 2 unspecified atom stereocenters. The van der Waals surface area contributed by atoms with Crippen LogP contribution in [0.4, 0.5) is 0 Å². The Labute approximate surface area is 115 Å². The third kappa shape index (κ3) is 2.83. The zero-order valence-corrected chi connectivity index (χ0v) is 12.0. The highest BCUT2D eigenvalue weighted by molar-refractivity contribution is 5.34. The summed E-state index contributed by atoms with van der Waals surface area (Å²) in [7, 11) is 1.84. The van der Waals surface area contributed by atoms with Crippen LogP contribution in [0.15, 0.2) is 18.2 Å². The van der Waals surface area contributed by atoms with E-state index in [1.54, 1.807) is 0 Å². The van der Waals surface area contributed by atoms with Crippen molar-refractivity contribution in [2.75, 3.05) is 20.2 Å². The van der Waals surface area contributed by atoms with Gasteiger partial charge in [0.15, 0.2) is 0 Å². The van der Waals surface area contributed by atoms with Gasteiger partial charge in [-0.3, -0.25) is 4.90 Å². The summed E-state index contributed by atoms with van der Waals surface area (Å²) in [6.07, 6.45) is 1.63. The third-order valence-corrected chi connectivity index (χ3v) is 4.58. The number of nitrogens with zero attached hydrogens (tertiary/aromatic N) is 1. The summed E-state index contributed by atoms with van der Waals surface area (Å²) in [6.45, 7) is 7.67. The topological polar surface area (TPSA) is 24.5 Å². The van der Waals surface area contributed by atoms with E-state index >= 15 is 0 Å². The molecule has 0 bridgehead atoms. The van der Waals surface area contributed by atoms with E-state index < -0.39 is 0 Å². The van der Waals surface area contributed by atoms with Crippen molar-refractivity contribution in [3.63, 3.8) is 0 Å². The summed E-state index contributed by atoms with van der Waals surface area (Å²) in [5.41, 5.74) is 4.38. The van der Waals surface area contributed by atoms with Crippen LogP contribution in [0.1, 0.15) is 30.0 Å². The standard InChI is InChI=1S/C16H24N2O/c1-12-5-6-18(11-16(12)19-2)10-13-3-4-14-8-17-9-15(14)7-13/h3-4,7,12,16-17H,5-6,8-11H2,1-2H3. The van der Waals surface area contributed by atoms with Crippen molar-refractivity contribution in [1.82, 2.24) is 10.2 Å². The van der Waals surface area contributed by atoms with Crippen LogP contribution in [-0.4, -0.2) is 31.2 Å². The number of likely N-dealkylation sites (tertiary alicyclic amines) is 1. The fourth-order valence-corrected chi connectivity index (χ4v) is 3.25. The molecule has 2 heterocycles. The number of hydrogen-bond donors (Lipinski definition) is 1. The summed E-state index contributed by atoms with van der Waals surface area (Å²) in [5.74, 6) is 0.686. The fraction of sp³-hybridized carbons (Fsp3) is 0.625. The molecule has 1 saturated heterocycles. The van der Waals surface area contributed by atoms with Crippen LogP contribution in [0.5, 0.6) is 0 Å². The Morgan fingerprint density at radius 3 is 3.00 bits per heavy atom. The van der Waals surface area contributed by atoms with Gasteiger partial charge in [-0.05, 0) is 35.6 Å². The SMILES string of the molecule is COC1CN(Cc2ccc3c(c2)CNC3)CCC1C. The van der Waals surface area contributed by atoms with E-state index in [4.69, 9.17) is 4.74 Å². The van der Waals surface area contributed by atoms with Gasteiger partial charge in [0.25, 0.3) is 0 Å². The average Bonchev–Trinajstić information content (AvgIpc) is 2.88. The molecule has 3 nitrogen and oxygen atoms in total. The zero-order valence-electron chi connectivity index (χ0n) is 12.0. The first-order valence-corrected chi connectivity index (χ1v) is 7.33. The lowest BCUT2D eigenvalue weighted by molar-refractivity contribution is -0.00745. The maximum absolute atomic E-state index is 5.59. The predicted octanol–water partition coefficient (Wildman–Crippen LogP) is 2.15. The largest absolute Gasteiger partial charge is 0.380 e. The minimum absolute atomic E-state index is 0.393. The molecule has 1 aromatic carbocycles. The van der Waals surface area contributed by atoms with E-state index in [0.717, 1.165) is 26.2 Å². The molecule has 0 spiro atoms. The van der Waals surface area contributed by atoms with E-state index in [2.05, 4.69) is 35.3 Å². The minimum atomic E-state index is 0.393. The molecule has 3 heteroatoms. The lowest BCUT2D eigenvalue weighted by atomic mass is 9.95. The van der Waals surface area contributed by atoms with E-state index in [9.17, 15) is 0 Å². The molecular formula is C16H24N2O. The van der Waals surface area contributed by atoms with E-state index in [0.29, 0.717) is 12.0 Å². The Morgan fingerprint density at radius 2 is 2.16 bits per heavy atom. The summed E-state index contributed by atoms with van der Waals surface area (Å²) in [4.78, 5) is 2.53. The second kappa shape index (κ2) is 5.61. The first kappa shape index (κ1) is 13.1. The third-order valence-electron chi connectivity index (χ3n) is 4.58. The molecule has 0 amide bonds. The van der Waals surface area contributed by atoms with Crippen molar-refractivity contribution in [2.45, 2.75) is 39.1 Å². The Kier molecular flexibility index (Phi) is 3.87. The molecule has 2 atom stereocenters. The van der Waals surface area contributed by atoms with Gasteiger partial charge in [-0.15, -0.1) is 0 Å². The lowest BCUT2D eigenvalue weighted by Gasteiger charge is -2.36. The first-order chi connectivity index (χ1) is 9.26. The number of hydrogen-bond acceptors (Lipinski definition) is 3. The van der Waals surface area contributed by atoms with E-state index in [1.165, 1.54) is 29.7 Å². The molecule has 3 rings (SSSR count). The molecule has 1 fully saturated rings. The Bertz CT molecular complexity index is 446. The fourth-order valence-electron chi connectivity index (χ4n) is 3.25. The van der Waals surface area contributed by atoms with Crippen LogP contribution in [0.3, 0.4) is 0 Å². The van der Waals surface area contributed by atoms with Crippen LogP contribution in [0.2, 0.25) is 0 Å². The number of rotatable bonds is 3. The maximum Gasteiger partial charge on any atom is 0.0724 e. The Balaban J connectivity index is 1.65. The molecule has 1 aromatic rings. The van der Waals surface area contributed by atoms with Gasteiger partial charge in [-0.1, -0.05) is 25.1 Å². The molecule has 2 aliphatic heterocycles. The highest BCUT2D eigenvalue weighted by Crippen LogP contribution is 2.22. The van der Waals surface area contributed by atoms with Gasteiger partial charge < -0.3 is 10.1 Å². The molecule has 1 N–H and O–H groups in total. The van der Waals surface area contributed by atoms with Crippen molar-refractivity contribution in [2.24, 2.45) is 5.92 Å². The molecule has 0 aromatic heterocycles. The smallest absolute Gasteiger partial charge is 0.0724 e. The van der Waals surface area contributed by atoms with Crippen LogP contribution in [-0.2, 0) is 24.4 Å². The van der Waals surface area contributed by atoms with Gasteiger partial charge in [-0.25, -0.2) is 0 Å². The summed E-state index contributed by atoms with van der Waals surface area (Å²) in [5, 5.41) is 3.41. The molecular weight excluding hydrogens is 236 g/mol. The summed E-state index contributed by atoms with van der Waals surface area (Å²) >= 11 is 0. The molecule has 104 valence electrons. The van der Waals surface area contributed by atoms with Crippen LogP contribution < -0.4 is 5.32 Å². The van der Waals surface area contributed by atoms with Gasteiger partial charge in [0, 0.05) is 33.3 Å². The monoisotopic (exact) mass is 260 g/mol. The lowest BCUT2D eigenvalue weighted by Crippen LogP contribution is -2.43. The summed E-state index contributed by atoms with van der Waals surface area (Å²) < 4.78 is 5.59. The number of ether oxygens (including phenoxy) is 1. The number of benzene rings is 1. The van der Waals surface area contributed by atoms with Crippen molar-refractivity contribution in [3.8, 4) is 0 Å². The number of piperidine rings is 1. The Morgan fingerprint density at radius 1 is 1.32 bits per heavy atom. The van der Waals surface area contributed by atoms with Gasteiger partial charge in [-0.2, -0.15) is 0 Å². The quantitative estimate of drug-likeness (QED) is 0.901. The highest BCUT2D eigenvalue weighted by Gasteiger charge is 2.26. The van der Waals surface area contributed by atoms with Gasteiger partial charge in [0.2, 0.25) is 0 Å². The van der Waals surface area contributed by atoms with Gasteiger partial charge >= 0.3 is 0 Å². The van der Waals surface area contributed by atoms with Gasteiger partial charge in [0.05, 0.1) is 6.10 Å². The molecule has 19 heavy (non-hydrogen) atoms. The van der Waals surface area contributed by atoms with Crippen molar-refractivity contribution >= 4 is 0 Å². The van der Waals surface area contributed by atoms with Crippen molar-refractivity contribution < 1.29 is 4.74 Å². The second-order valence-corrected chi connectivity index (χ2v) is 5.98. The molecule has 0 aliphatic carbocycles. The van der Waals surface area contributed by atoms with E-state index in [1.807, 2.05) is 7.11 Å². The molecule has 0 saturated carbocycles. The second-order valence-electron chi connectivity index (χ2n) is 5.98. The Hall–Kier alpha value is -0.900.